The monoisotopic (exact) mass is 190 g/mol. The quantitative estimate of drug-likeness (QED) is 0.662. The lowest BCUT2D eigenvalue weighted by Gasteiger charge is -2.02. The van der Waals surface area contributed by atoms with E-state index in [9.17, 15) is 0 Å². The van der Waals surface area contributed by atoms with E-state index in [1.807, 2.05) is 13.1 Å². The molecule has 0 aliphatic heterocycles. The van der Waals surface area contributed by atoms with Crippen LogP contribution in [-0.4, -0.2) is 19.7 Å². The summed E-state index contributed by atoms with van der Waals surface area (Å²) in [7, 11) is 1.82. The minimum atomic E-state index is 0.168. The number of rotatable bonds is 1. The Kier molecular flexibility index (Phi) is 1.81. The van der Waals surface area contributed by atoms with Crippen LogP contribution in [0.2, 0.25) is 0 Å². The highest BCUT2D eigenvalue weighted by Gasteiger charge is 2.06. The second-order valence-corrected chi connectivity index (χ2v) is 2.88. The fraction of sp³-hybridized carbons (Fsp3) is 0.125. The van der Waals surface area contributed by atoms with Gasteiger partial charge in [-0.15, -0.1) is 0 Å². The summed E-state index contributed by atoms with van der Waals surface area (Å²) in [4.78, 5) is 7.85. The van der Waals surface area contributed by atoms with Gasteiger partial charge in [-0.1, -0.05) is 0 Å². The topological polar surface area (TPSA) is 95.6 Å². The van der Waals surface area contributed by atoms with E-state index < -0.39 is 0 Å². The van der Waals surface area contributed by atoms with Gasteiger partial charge in [-0.05, 0) is 6.07 Å². The van der Waals surface area contributed by atoms with Crippen LogP contribution in [0.25, 0.3) is 11.4 Å². The first kappa shape index (κ1) is 8.49. The number of nitrogens with two attached hydrogens (primary N) is 2. The van der Waals surface area contributed by atoms with E-state index >= 15 is 0 Å². The van der Waals surface area contributed by atoms with Crippen molar-refractivity contribution < 1.29 is 0 Å². The maximum atomic E-state index is 5.55. The minimum absolute atomic E-state index is 0.168. The molecule has 0 saturated carbocycles. The molecule has 2 aromatic heterocycles. The molecule has 0 unspecified atom stereocenters. The molecule has 2 aromatic rings. The van der Waals surface area contributed by atoms with Crippen molar-refractivity contribution >= 4 is 11.8 Å². The molecule has 0 atom stereocenters. The third-order valence-electron chi connectivity index (χ3n) is 1.85. The Morgan fingerprint density at radius 3 is 2.64 bits per heavy atom. The predicted octanol–water partition coefficient (Wildman–Crippen LogP) is 0.0415. The molecule has 2 rings (SSSR count). The van der Waals surface area contributed by atoms with Gasteiger partial charge in [0.05, 0.1) is 11.4 Å². The van der Waals surface area contributed by atoms with E-state index in [0.717, 1.165) is 5.69 Å². The summed E-state index contributed by atoms with van der Waals surface area (Å²) in [6, 6.07) is 3.49. The molecule has 72 valence electrons. The second kappa shape index (κ2) is 2.99. The zero-order valence-electron chi connectivity index (χ0n) is 7.68. The molecule has 0 aliphatic carbocycles. The fourth-order valence-electron chi connectivity index (χ4n) is 1.24. The molecular weight excluding hydrogens is 180 g/mol. The van der Waals surface area contributed by atoms with Gasteiger partial charge in [0.1, 0.15) is 5.82 Å². The SMILES string of the molecule is Cn1nccc1-c1cc(N)nc(N)n1. The van der Waals surface area contributed by atoms with Crippen LogP contribution in [0.1, 0.15) is 0 Å². The van der Waals surface area contributed by atoms with E-state index in [0.29, 0.717) is 11.5 Å². The van der Waals surface area contributed by atoms with Crippen LogP contribution in [0.4, 0.5) is 11.8 Å². The Morgan fingerprint density at radius 2 is 2.07 bits per heavy atom. The molecule has 4 N–H and O–H groups in total. The fourth-order valence-corrected chi connectivity index (χ4v) is 1.24. The molecule has 6 heteroatoms. The standard InChI is InChI=1S/C8H10N6/c1-14-6(2-3-11-14)5-4-7(9)13-8(10)12-5/h2-4H,1H3,(H4,9,10,12,13). The third-order valence-corrected chi connectivity index (χ3v) is 1.85. The first-order chi connectivity index (χ1) is 6.66. The van der Waals surface area contributed by atoms with Crippen LogP contribution in [0.3, 0.4) is 0 Å². The number of hydrogen-bond donors (Lipinski definition) is 2. The number of nitrogen functional groups attached to an aromatic ring is 2. The van der Waals surface area contributed by atoms with Crippen molar-refractivity contribution in [3.05, 3.63) is 18.3 Å². The lowest BCUT2D eigenvalue weighted by atomic mass is 10.3. The van der Waals surface area contributed by atoms with E-state index in [1.54, 1.807) is 16.9 Å². The van der Waals surface area contributed by atoms with E-state index in [2.05, 4.69) is 15.1 Å². The Balaban J connectivity index is 2.57. The highest BCUT2D eigenvalue weighted by molar-refractivity contribution is 5.59. The van der Waals surface area contributed by atoms with Crippen molar-refractivity contribution in [2.24, 2.45) is 7.05 Å². The van der Waals surface area contributed by atoms with Gasteiger partial charge < -0.3 is 11.5 Å². The Bertz CT molecular complexity index is 440. The molecule has 0 radical (unpaired) electrons. The summed E-state index contributed by atoms with van der Waals surface area (Å²) in [6.07, 6.45) is 1.68. The number of anilines is 2. The van der Waals surface area contributed by atoms with Crippen LogP contribution >= 0.6 is 0 Å². The zero-order valence-corrected chi connectivity index (χ0v) is 7.68. The summed E-state index contributed by atoms with van der Waals surface area (Å²) in [6.45, 7) is 0. The molecule has 0 spiro atoms. The Labute approximate surface area is 80.6 Å². The number of aryl methyl sites for hydroxylation is 1. The highest BCUT2D eigenvalue weighted by Crippen LogP contribution is 2.17. The third kappa shape index (κ3) is 1.37. The normalized spacial score (nSPS) is 10.4. The van der Waals surface area contributed by atoms with Crippen LogP contribution in [0.5, 0.6) is 0 Å². The van der Waals surface area contributed by atoms with Gasteiger partial charge in [0.25, 0.3) is 0 Å². The molecule has 2 heterocycles. The van der Waals surface area contributed by atoms with Crippen LogP contribution in [0.15, 0.2) is 18.3 Å². The molecule has 0 aromatic carbocycles. The first-order valence-corrected chi connectivity index (χ1v) is 4.05. The number of nitrogens with zero attached hydrogens (tertiary/aromatic N) is 4. The molecule has 0 bridgehead atoms. The van der Waals surface area contributed by atoms with Crippen molar-refractivity contribution in [3.63, 3.8) is 0 Å². The average molecular weight is 190 g/mol. The maximum absolute atomic E-state index is 5.55. The molecular formula is C8H10N6. The molecule has 14 heavy (non-hydrogen) atoms. The van der Waals surface area contributed by atoms with Crippen molar-refractivity contribution in [2.45, 2.75) is 0 Å². The molecule has 0 aliphatic rings. The zero-order chi connectivity index (χ0) is 10.1. The van der Waals surface area contributed by atoms with E-state index in [1.165, 1.54) is 0 Å². The van der Waals surface area contributed by atoms with Crippen molar-refractivity contribution in [2.75, 3.05) is 11.5 Å². The van der Waals surface area contributed by atoms with Gasteiger partial charge in [-0.25, -0.2) is 4.98 Å². The van der Waals surface area contributed by atoms with Crippen molar-refractivity contribution in [1.29, 1.82) is 0 Å². The first-order valence-electron chi connectivity index (χ1n) is 4.05. The van der Waals surface area contributed by atoms with Crippen molar-refractivity contribution in [1.82, 2.24) is 19.7 Å². The van der Waals surface area contributed by atoms with Gasteiger partial charge in [0, 0.05) is 19.3 Å². The van der Waals surface area contributed by atoms with Gasteiger partial charge in [0.2, 0.25) is 5.95 Å². The Morgan fingerprint density at radius 1 is 1.29 bits per heavy atom. The average Bonchev–Trinajstić information content (AvgIpc) is 2.49. The maximum Gasteiger partial charge on any atom is 0.222 e. The van der Waals surface area contributed by atoms with E-state index in [4.69, 9.17) is 11.5 Å². The van der Waals surface area contributed by atoms with Gasteiger partial charge >= 0.3 is 0 Å². The van der Waals surface area contributed by atoms with Crippen LogP contribution in [-0.2, 0) is 7.05 Å². The minimum Gasteiger partial charge on any atom is -0.384 e. The second-order valence-electron chi connectivity index (χ2n) is 2.88. The highest BCUT2D eigenvalue weighted by atomic mass is 15.3. The lowest BCUT2D eigenvalue weighted by Crippen LogP contribution is -2.02. The summed E-state index contributed by atoms with van der Waals surface area (Å²) >= 11 is 0. The predicted molar refractivity (Wildman–Crippen MR) is 53.1 cm³/mol. The van der Waals surface area contributed by atoms with Gasteiger partial charge in [0.15, 0.2) is 0 Å². The molecule has 0 saturated heterocycles. The van der Waals surface area contributed by atoms with Gasteiger partial charge in [-0.2, -0.15) is 10.1 Å². The summed E-state index contributed by atoms with van der Waals surface area (Å²) in [5, 5.41) is 4.03. The molecule has 0 fully saturated rings. The summed E-state index contributed by atoms with van der Waals surface area (Å²) < 4.78 is 1.70. The van der Waals surface area contributed by atoms with Gasteiger partial charge in [-0.3, -0.25) is 4.68 Å². The largest absolute Gasteiger partial charge is 0.384 e. The lowest BCUT2D eigenvalue weighted by molar-refractivity contribution is 0.773. The summed E-state index contributed by atoms with van der Waals surface area (Å²) in [5.41, 5.74) is 12.6. The van der Waals surface area contributed by atoms with Crippen LogP contribution in [0, 0.1) is 0 Å². The van der Waals surface area contributed by atoms with Crippen LogP contribution < -0.4 is 11.5 Å². The Hall–Kier alpha value is -2.11. The van der Waals surface area contributed by atoms with Crippen molar-refractivity contribution in [3.8, 4) is 11.4 Å². The smallest absolute Gasteiger partial charge is 0.222 e. The summed E-state index contributed by atoms with van der Waals surface area (Å²) in [5.74, 6) is 0.523. The molecule has 6 nitrogen and oxygen atoms in total. The molecule has 0 amide bonds. The number of hydrogen-bond acceptors (Lipinski definition) is 5. The van der Waals surface area contributed by atoms with E-state index in [-0.39, 0.29) is 5.95 Å². The number of aromatic nitrogens is 4.